The van der Waals surface area contributed by atoms with E-state index in [2.05, 4.69) is 5.32 Å². The molecule has 0 bridgehead atoms. The molecule has 17 heavy (non-hydrogen) atoms. The zero-order valence-electron chi connectivity index (χ0n) is 10.5. The minimum absolute atomic E-state index is 0.00645. The molecule has 0 aromatic carbocycles. The Morgan fingerprint density at radius 1 is 1.59 bits per heavy atom. The lowest BCUT2D eigenvalue weighted by Crippen LogP contribution is -2.17. The molecule has 92 valence electrons. The highest BCUT2D eigenvalue weighted by atomic mass is 32.2. The smallest absolute Gasteiger partial charge is 0.212 e. The number of anilines is 1. The van der Waals surface area contributed by atoms with Crippen LogP contribution in [-0.4, -0.2) is 17.2 Å². The van der Waals surface area contributed by atoms with Gasteiger partial charge in [-0.3, -0.25) is 4.79 Å². The van der Waals surface area contributed by atoms with Crippen molar-refractivity contribution in [2.75, 3.05) is 12.4 Å². The maximum absolute atomic E-state index is 12.1. The average molecular weight is 251 g/mol. The number of aryl methyl sites for hydroxylation is 1. The summed E-state index contributed by atoms with van der Waals surface area (Å²) in [5.41, 5.74) is 3.42. The van der Waals surface area contributed by atoms with Gasteiger partial charge in [0.05, 0.1) is 11.2 Å². The number of hydrogen-bond acceptors (Lipinski definition) is 4. The van der Waals surface area contributed by atoms with E-state index in [4.69, 9.17) is 5.41 Å². The molecule has 0 atom stereocenters. The van der Waals surface area contributed by atoms with Gasteiger partial charge in [0.1, 0.15) is 0 Å². The van der Waals surface area contributed by atoms with Gasteiger partial charge in [-0.25, -0.2) is 0 Å². The van der Waals surface area contributed by atoms with Gasteiger partial charge in [-0.05, 0) is 24.8 Å². The first-order chi connectivity index (χ1) is 8.01. The zero-order chi connectivity index (χ0) is 13.0. The normalized spacial score (nSPS) is 11.4. The van der Waals surface area contributed by atoms with Crippen LogP contribution in [0.15, 0.2) is 15.9 Å². The molecule has 0 fully saturated rings. The van der Waals surface area contributed by atoms with Crippen molar-refractivity contribution in [2.45, 2.75) is 13.8 Å². The van der Waals surface area contributed by atoms with E-state index >= 15 is 0 Å². The lowest BCUT2D eigenvalue weighted by molar-refractivity contribution is 0.851. The number of thioether (sulfide) groups is 1. The summed E-state index contributed by atoms with van der Waals surface area (Å²) in [6, 6.07) is 0. The van der Waals surface area contributed by atoms with Crippen LogP contribution in [0.1, 0.15) is 18.2 Å². The molecule has 1 aromatic rings. The summed E-state index contributed by atoms with van der Waals surface area (Å²) in [4.78, 5) is 13.1. The van der Waals surface area contributed by atoms with E-state index in [1.54, 1.807) is 13.2 Å². The second kappa shape index (κ2) is 5.72. The monoisotopic (exact) mass is 251 g/mol. The lowest BCUT2D eigenvalue weighted by atomic mass is 10.1. The van der Waals surface area contributed by atoms with Crippen molar-refractivity contribution in [1.82, 2.24) is 4.57 Å². The number of nitrogens with zero attached hydrogens (tertiary/aromatic N) is 1. The van der Waals surface area contributed by atoms with E-state index in [1.165, 1.54) is 17.3 Å². The van der Waals surface area contributed by atoms with E-state index < -0.39 is 0 Å². The summed E-state index contributed by atoms with van der Waals surface area (Å²) in [6.07, 6.45) is 3.61. The molecule has 1 aromatic heterocycles. The SMILES string of the molecule is CNc1cn(C)c(C)c(/C=C(\C)SC=N)c1=O. The van der Waals surface area contributed by atoms with Crippen molar-refractivity contribution in [3.63, 3.8) is 0 Å². The molecule has 0 aliphatic carbocycles. The largest absolute Gasteiger partial charge is 0.384 e. The fourth-order valence-electron chi connectivity index (χ4n) is 1.53. The van der Waals surface area contributed by atoms with Gasteiger partial charge in [-0.1, -0.05) is 11.8 Å². The summed E-state index contributed by atoms with van der Waals surface area (Å²) >= 11 is 1.30. The van der Waals surface area contributed by atoms with Crippen LogP contribution in [0.2, 0.25) is 0 Å². The summed E-state index contributed by atoms with van der Waals surface area (Å²) < 4.78 is 1.92. The molecular formula is C12H17N3OS. The van der Waals surface area contributed by atoms with Crippen LogP contribution in [0.4, 0.5) is 5.69 Å². The Kier molecular flexibility index (Phi) is 4.57. The number of aromatic nitrogens is 1. The molecule has 0 unspecified atom stereocenters. The molecule has 0 spiro atoms. The molecule has 0 aliphatic rings. The molecule has 0 saturated carbocycles. The highest BCUT2D eigenvalue weighted by molar-refractivity contribution is 8.15. The molecule has 2 N–H and O–H groups in total. The van der Waals surface area contributed by atoms with E-state index in [-0.39, 0.29) is 5.43 Å². The Labute approximate surface area is 105 Å². The van der Waals surface area contributed by atoms with Gasteiger partial charge in [0, 0.05) is 31.5 Å². The maximum Gasteiger partial charge on any atom is 0.212 e. The van der Waals surface area contributed by atoms with Crippen LogP contribution >= 0.6 is 11.8 Å². The predicted octanol–water partition coefficient (Wildman–Crippen LogP) is 2.44. The number of nitrogens with one attached hydrogen (secondary N) is 2. The van der Waals surface area contributed by atoms with Gasteiger partial charge in [0.25, 0.3) is 0 Å². The van der Waals surface area contributed by atoms with Crippen molar-refractivity contribution < 1.29 is 0 Å². The van der Waals surface area contributed by atoms with Crippen molar-refractivity contribution in [2.24, 2.45) is 7.05 Å². The molecule has 0 radical (unpaired) electrons. The molecule has 1 rings (SSSR count). The number of rotatable bonds is 4. The van der Waals surface area contributed by atoms with Gasteiger partial charge < -0.3 is 15.3 Å². The molecule has 0 saturated heterocycles. The fourth-order valence-corrected chi connectivity index (χ4v) is 1.90. The Hall–Kier alpha value is -1.49. The van der Waals surface area contributed by atoms with Gasteiger partial charge in [-0.15, -0.1) is 0 Å². The van der Waals surface area contributed by atoms with Gasteiger partial charge >= 0.3 is 0 Å². The van der Waals surface area contributed by atoms with Crippen LogP contribution in [0, 0.1) is 12.3 Å². The Morgan fingerprint density at radius 3 is 2.76 bits per heavy atom. The van der Waals surface area contributed by atoms with E-state index in [0.717, 1.165) is 10.6 Å². The Bertz CT molecular complexity index is 517. The van der Waals surface area contributed by atoms with Crippen molar-refractivity contribution in [1.29, 1.82) is 5.41 Å². The van der Waals surface area contributed by atoms with Crippen LogP contribution in [0.25, 0.3) is 6.08 Å². The standard InChI is InChI=1S/C12H17N3OS/c1-8(17-7-13)5-10-9(2)15(4)6-11(14-3)12(10)16/h5-7,13-14H,1-4H3/b8-5+,13-7?. The quantitative estimate of drug-likeness (QED) is 0.638. The zero-order valence-corrected chi connectivity index (χ0v) is 11.3. The minimum atomic E-state index is -0.00645. The van der Waals surface area contributed by atoms with E-state index in [1.807, 2.05) is 31.5 Å². The number of allylic oxidation sites excluding steroid dienone is 1. The topological polar surface area (TPSA) is 57.9 Å². The van der Waals surface area contributed by atoms with E-state index in [0.29, 0.717) is 11.3 Å². The maximum atomic E-state index is 12.1. The number of pyridine rings is 1. The van der Waals surface area contributed by atoms with Crippen LogP contribution in [0.3, 0.4) is 0 Å². The third-order valence-corrected chi connectivity index (χ3v) is 3.20. The average Bonchev–Trinajstić information content (AvgIpc) is 2.29. The third kappa shape index (κ3) is 3.00. The molecule has 0 amide bonds. The third-order valence-electron chi connectivity index (χ3n) is 2.59. The molecule has 1 heterocycles. The summed E-state index contributed by atoms with van der Waals surface area (Å²) in [5, 5.41) is 9.92. The van der Waals surface area contributed by atoms with Gasteiger partial charge in [-0.2, -0.15) is 0 Å². The summed E-state index contributed by atoms with van der Waals surface area (Å²) in [5.74, 6) is 0. The first kappa shape index (κ1) is 13.6. The second-order valence-corrected chi connectivity index (χ2v) is 4.84. The van der Waals surface area contributed by atoms with Gasteiger partial charge in [0.2, 0.25) is 5.43 Å². The molecule has 4 nitrogen and oxygen atoms in total. The van der Waals surface area contributed by atoms with Crippen molar-refractivity contribution >= 4 is 29.1 Å². The Balaban J connectivity index is 3.41. The first-order valence-corrected chi connectivity index (χ1v) is 6.11. The van der Waals surface area contributed by atoms with Gasteiger partial charge in [0.15, 0.2) is 0 Å². The Morgan fingerprint density at radius 2 is 2.24 bits per heavy atom. The predicted molar refractivity (Wildman–Crippen MR) is 76.0 cm³/mol. The van der Waals surface area contributed by atoms with Crippen molar-refractivity contribution in [3.05, 3.63) is 32.6 Å². The fraction of sp³-hybridized carbons (Fsp3) is 0.333. The lowest BCUT2D eigenvalue weighted by Gasteiger charge is -2.11. The van der Waals surface area contributed by atoms with E-state index in [9.17, 15) is 4.79 Å². The summed E-state index contributed by atoms with van der Waals surface area (Å²) in [7, 11) is 3.64. The van der Waals surface area contributed by atoms with Crippen LogP contribution in [0.5, 0.6) is 0 Å². The second-order valence-electron chi connectivity index (χ2n) is 3.72. The molecule has 5 heteroatoms. The highest BCUT2D eigenvalue weighted by Crippen LogP contribution is 2.17. The molecule has 0 aliphatic heterocycles. The molecular weight excluding hydrogens is 234 g/mol. The highest BCUT2D eigenvalue weighted by Gasteiger charge is 2.08. The van der Waals surface area contributed by atoms with Crippen LogP contribution in [-0.2, 0) is 7.05 Å². The minimum Gasteiger partial charge on any atom is -0.384 e. The summed E-state index contributed by atoms with van der Waals surface area (Å²) in [6.45, 7) is 3.80. The first-order valence-electron chi connectivity index (χ1n) is 5.23. The van der Waals surface area contributed by atoms with Crippen molar-refractivity contribution in [3.8, 4) is 0 Å². The number of hydrogen-bond donors (Lipinski definition) is 2. The van der Waals surface area contributed by atoms with Crippen LogP contribution < -0.4 is 10.7 Å².